The van der Waals surface area contributed by atoms with Crippen molar-refractivity contribution < 1.29 is 28.3 Å². The maximum atomic E-state index is 13.9. The monoisotopic (exact) mass is 552 g/mol. The second kappa shape index (κ2) is 11.1. The van der Waals surface area contributed by atoms with Gasteiger partial charge in [0.1, 0.15) is 22.8 Å². The molecule has 2 aliphatic heterocycles. The number of carbonyl (C=O) groups is 4. The summed E-state index contributed by atoms with van der Waals surface area (Å²) in [6.45, 7) is 6.65. The van der Waals surface area contributed by atoms with Gasteiger partial charge >= 0.3 is 0 Å². The molecule has 0 spiro atoms. The fraction of sp³-hybridized carbons (Fsp3) is 0.467. The van der Waals surface area contributed by atoms with E-state index in [4.69, 9.17) is 10.5 Å². The van der Waals surface area contributed by atoms with Crippen LogP contribution in [0, 0.1) is 11.2 Å². The van der Waals surface area contributed by atoms with Gasteiger partial charge in [0.2, 0.25) is 17.7 Å². The second-order valence-electron chi connectivity index (χ2n) is 11.8. The molecule has 2 fully saturated rings. The molecule has 0 aromatic heterocycles. The van der Waals surface area contributed by atoms with Crippen molar-refractivity contribution in [3.8, 4) is 0 Å². The number of halogens is 1. The Kier molecular flexibility index (Phi) is 8.14. The van der Waals surface area contributed by atoms with E-state index < -0.39 is 40.2 Å². The molecule has 0 radical (unpaired) electrons. The molecule has 0 saturated carbocycles. The van der Waals surface area contributed by atoms with Crippen LogP contribution >= 0.6 is 0 Å². The van der Waals surface area contributed by atoms with Crippen LogP contribution in [0.2, 0.25) is 0 Å². The molecular formula is C30H37FN4O5. The van der Waals surface area contributed by atoms with Crippen molar-refractivity contribution in [3.05, 3.63) is 71.5 Å². The van der Waals surface area contributed by atoms with Gasteiger partial charge in [-0.25, -0.2) is 4.39 Å². The summed E-state index contributed by atoms with van der Waals surface area (Å²) in [7, 11) is 0. The molecule has 0 aliphatic carbocycles. The first-order valence-electron chi connectivity index (χ1n) is 13.4. The number of Topliss-reactive ketones (excluding diaryl/α,β-unsaturated/α-hetero) is 1. The number of ketones is 1. The number of fused-ring (bicyclic) bond motifs is 1. The lowest BCUT2D eigenvalue weighted by Crippen LogP contribution is -2.67. The third-order valence-corrected chi connectivity index (χ3v) is 7.64. The first kappa shape index (κ1) is 29.4. The Morgan fingerprint density at radius 3 is 2.33 bits per heavy atom. The van der Waals surface area contributed by atoms with E-state index in [9.17, 15) is 23.6 Å². The lowest BCUT2D eigenvalue weighted by molar-refractivity contribution is -0.149. The summed E-state index contributed by atoms with van der Waals surface area (Å²) in [6.07, 6.45) is 0.127. The number of nitrogens with zero attached hydrogens (tertiary/aromatic N) is 2. The van der Waals surface area contributed by atoms with Crippen LogP contribution in [0.5, 0.6) is 0 Å². The third kappa shape index (κ3) is 5.78. The first-order valence-corrected chi connectivity index (χ1v) is 13.4. The van der Waals surface area contributed by atoms with Crippen molar-refractivity contribution >= 4 is 23.5 Å². The lowest BCUT2D eigenvalue weighted by atomic mass is 9.77. The van der Waals surface area contributed by atoms with Gasteiger partial charge in [-0.15, -0.1) is 0 Å². The molecule has 2 aliphatic rings. The highest BCUT2D eigenvalue weighted by Crippen LogP contribution is 2.43. The number of benzene rings is 2. The van der Waals surface area contributed by atoms with Crippen molar-refractivity contribution in [1.29, 1.82) is 0 Å². The number of carbonyl (C=O) groups excluding carboxylic acids is 4. The van der Waals surface area contributed by atoms with Gasteiger partial charge in [-0.2, -0.15) is 0 Å². The molecule has 0 bridgehead atoms. The van der Waals surface area contributed by atoms with Crippen molar-refractivity contribution in [2.45, 2.75) is 57.8 Å². The summed E-state index contributed by atoms with van der Waals surface area (Å²) < 4.78 is 19.4. The van der Waals surface area contributed by atoms with E-state index in [-0.39, 0.29) is 51.0 Å². The standard InChI is InChI=1S/C30H37FN4O5/c1-28(2)25(37)30(16-20-10-12-22(31)13-11-20)19-34(14-15-35(30)27(28)39)24(36)23(33-26(38)29(3,4)32)18-40-17-21-8-6-5-7-9-21/h5-13,23H,14-19,32H2,1-4H3,(H,33,38). The molecule has 10 heteroatoms. The molecule has 2 atom stereocenters. The van der Waals surface area contributed by atoms with Crippen LogP contribution in [0.4, 0.5) is 4.39 Å². The first-order chi connectivity index (χ1) is 18.8. The molecule has 2 unspecified atom stereocenters. The van der Waals surface area contributed by atoms with Gasteiger partial charge < -0.3 is 25.6 Å². The fourth-order valence-electron chi connectivity index (χ4n) is 5.39. The topological polar surface area (TPSA) is 122 Å². The smallest absolute Gasteiger partial charge is 0.247 e. The number of ether oxygens (including phenoxy) is 1. The Morgan fingerprint density at radius 1 is 1.05 bits per heavy atom. The average Bonchev–Trinajstić information content (AvgIpc) is 3.06. The van der Waals surface area contributed by atoms with Crippen LogP contribution < -0.4 is 11.1 Å². The third-order valence-electron chi connectivity index (χ3n) is 7.64. The minimum atomic E-state index is -1.32. The van der Waals surface area contributed by atoms with E-state index in [1.54, 1.807) is 30.9 Å². The summed E-state index contributed by atoms with van der Waals surface area (Å²) in [6, 6.07) is 14.1. The lowest BCUT2D eigenvalue weighted by Gasteiger charge is -2.46. The summed E-state index contributed by atoms with van der Waals surface area (Å²) >= 11 is 0. The Hall–Kier alpha value is -3.63. The number of nitrogens with two attached hydrogens (primary N) is 1. The van der Waals surface area contributed by atoms with Crippen LogP contribution in [-0.4, -0.2) is 76.7 Å². The zero-order valence-corrected chi connectivity index (χ0v) is 23.4. The number of piperazine rings is 1. The van der Waals surface area contributed by atoms with Crippen molar-refractivity contribution in [1.82, 2.24) is 15.1 Å². The second-order valence-corrected chi connectivity index (χ2v) is 11.8. The van der Waals surface area contributed by atoms with E-state index in [1.807, 2.05) is 30.3 Å². The van der Waals surface area contributed by atoms with Gasteiger partial charge in [-0.1, -0.05) is 42.5 Å². The van der Waals surface area contributed by atoms with Crippen LogP contribution in [0.3, 0.4) is 0 Å². The van der Waals surface area contributed by atoms with Crippen molar-refractivity contribution in [2.75, 3.05) is 26.2 Å². The Balaban J connectivity index is 1.60. The Morgan fingerprint density at radius 2 is 1.70 bits per heavy atom. The summed E-state index contributed by atoms with van der Waals surface area (Å²) in [5.74, 6) is -1.97. The number of hydrogen-bond acceptors (Lipinski definition) is 6. The van der Waals surface area contributed by atoms with Gasteiger partial charge in [0.25, 0.3) is 0 Å². The Labute approximate surface area is 233 Å². The number of hydrogen-bond donors (Lipinski definition) is 2. The summed E-state index contributed by atoms with van der Waals surface area (Å²) in [4.78, 5) is 56.9. The van der Waals surface area contributed by atoms with Gasteiger partial charge in [0, 0.05) is 19.5 Å². The summed E-state index contributed by atoms with van der Waals surface area (Å²) in [5, 5.41) is 2.72. The number of rotatable bonds is 9. The molecule has 2 saturated heterocycles. The SMILES string of the molecule is CC(C)(N)C(=O)NC(COCc1ccccc1)C(=O)N1CCN2C(=O)C(C)(C)C(=O)C2(Cc2ccc(F)cc2)C1. The van der Waals surface area contributed by atoms with Gasteiger partial charge in [0.05, 0.1) is 25.3 Å². The molecule has 2 heterocycles. The van der Waals surface area contributed by atoms with Crippen molar-refractivity contribution in [2.24, 2.45) is 11.1 Å². The van der Waals surface area contributed by atoms with E-state index in [2.05, 4.69) is 5.32 Å². The molecule has 214 valence electrons. The van der Waals surface area contributed by atoms with Gasteiger partial charge in [0.15, 0.2) is 5.78 Å². The molecule has 3 N–H and O–H groups in total. The summed E-state index contributed by atoms with van der Waals surface area (Å²) in [5.41, 5.74) is 3.73. The van der Waals surface area contributed by atoms with E-state index >= 15 is 0 Å². The Bertz CT molecular complexity index is 1280. The quantitative estimate of drug-likeness (QED) is 0.458. The maximum absolute atomic E-state index is 13.9. The highest BCUT2D eigenvalue weighted by molar-refractivity contribution is 6.16. The van der Waals surface area contributed by atoms with E-state index in [0.717, 1.165) is 5.56 Å². The molecule has 9 nitrogen and oxygen atoms in total. The van der Waals surface area contributed by atoms with Gasteiger partial charge in [-0.05, 0) is 51.0 Å². The molecular weight excluding hydrogens is 515 g/mol. The predicted molar refractivity (Wildman–Crippen MR) is 146 cm³/mol. The maximum Gasteiger partial charge on any atom is 0.247 e. The van der Waals surface area contributed by atoms with Crippen LogP contribution in [0.25, 0.3) is 0 Å². The van der Waals surface area contributed by atoms with Crippen LogP contribution in [-0.2, 0) is 36.9 Å². The highest BCUT2D eigenvalue weighted by Gasteiger charge is 2.64. The molecule has 4 rings (SSSR count). The highest BCUT2D eigenvalue weighted by atomic mass is 19.1. The minimum absolute atomic E-state index is 0.0612. The molecule has 2 aromatic carbocycles. The molecule has 2 aromatic rings. The van der Waals surface area contributed by atoms with Gasteiger partial charge in [-0.3, -0.25) is 19.2 Å². The zero-order valence-electron chi connectivity index (χ0n) is 23.4. The average molecular weight is 553 g/mol. The predicted octanol–water partition coefficient (Wildman–Crippen LogP) is 1.83. The minimum Gasteiger partial charge on any atom is -0.374 e. The largest absolute Gasteiger partial charge is 0.374 e. The number of nitrogens with one attached hydrogen (secondary N) is 1. The zero-order chi connectivity index (χ0) is 29.3. The molecule has 3 amide bonds. The van der Waals surface area contributed by atoms with Crippen molar-refractivity contribution in [3.63, 3.8) is 0 Å². The fourth-order valence-corrected chi connectivity index (χ4v) is 5.39. The van der Waals surface area contributed by atoms with E-state index in [1.165, 1.54) is 30.9 Å². The van der Waals surface area contributed by atoms with E-state index in [0.29, 0.717) is 5.56 Å². The number of amides is 3. The van der Waals surface area contributed by atoms with Crippen LogP contribution in [0.1, 0.15) is 38.8 Å². The van der Waals surface area contributed by atoms with Crippen LogP contribution in [0.15, 0.2) is 54.6 Å². The molecule has 40 heavy (non-hydrogen) atoms. The normalized spacial score (nSPS) is 21.2.